The van der Waals surface area contributed by atoms with Gasteiger partial charge in [0.15, 0.2) is 0 Å². The molecule has 0 N–H and O–H groups in total. The van der Waals surface area contributed by atoms with E-state index in [4.69, 9.17) is 4.65 Å². The molecule has 79 heavy (non-hydrogen) atoms. The summed E-state index contributed by atoms with van der Waals surface area (Å²) in [4.78, 5) is 1.30. The normalized spacial score (nSPS) is 9.90. The molecule has 0 saturated heterocycles. The summed E-state index contributed by atoms with van der Waals surface area (Å²) >= 11 is 1.79. The van der Waals surface area contributed by atoms with Gasteiger partial charge in [0.05, 0.1) is 58.2 Å². The van der Waals surface area contributed by atoms with Crippen molar-refractivity contribution in [1.82, 2.24) is 0 Å². The molecule has 0 bridgehead atoms. The van der Waals surface area contributed by atoms with Crippen LogP contribution < -0.4 is 31.8 Å². The maximum absolute atomic E-state index is 12.0. The first-order valence-corrected chi connectivity index (χ1v) is 26.5. The quantitative estimate of drug-likeness (QED) is 0.0254. The van der Waals surface area contributed by atoms with Gasteiger partial charge in [-0.05, 0) is 52.6 Å². The summed E-state index contributed by atoms with van der Waals surface area (Å²) in [5.74, 6) is -17.9. The minimum atomic E-state index is -2.17. The van der Waals surface area contributed by atoms with E-state index in [1.54, 1.807) is 11.8 Å². The molecule has 10 aromatic carbocycles. The van der Waals surface area contributed by atoms with E-state index in [9.17, 15) is 43.9 Å². The van der Waals surface area contributed by atoms with E-state index in [1.165, 1.54) is 42.3 Å². The van der Waals surface area contributed by atoms with Gasteiger partial charge in [-0.3, -0.25) is 23.3 Å². The third-order valence-electron chi connectivity index (χ3n) is 10.2. The number of hydrogen-bond acceptors (Lipinski definition) is 1. The Balaban J connectivity index is 0.000000261. The van der Waals surface area contributed by atoms with Crippen LogP contribution in [0.15, 0.2) is 248 Å². The summed E-state index contributed by atoms with van der Waals surface area (Å²) in [6.07, 6.45) is 1.01. The van der Waals surface area contributed by atoms with Gasteiger partial charge in [0.2, 0.25) is 0 Å². The maximum Gasteiger partial charge on any atom is 0 e. The number of halogens is 10. The van der Waals surface area contributed by atoms with Crippen molar-refractivity contribution in [2.24, 2.45) is 0 Å². The summed E-state index contributed by atoms with van der Waals surface area (Å²) in [6.45, 7) is 4.50. The van der Waals surface area contributed by atoms with Crippen LogP contribution in [0.3, 0.4) is 0 Å². The monoisotopic (exact) mass is 1490 g/mol. The molecule has 0 spiro atoms. The zero-order valence-corrected chi connectivity index (χ0v) is 48.2. The molecule has 0 aliphatic rings. The number of benzene rings is 10. The molecule has 0 aliphatic carbocycles. The van der Waals surface area contributed by atoms with Crippen LogP contribution in [0, 0.1) is 82.7 Å². The van der Waals surface area contributed by atoms with Gasteiger partial charge in [0.1, 0.15) is 0 Å². The smallest absolute Gasteiger partial charge is 0 e. The number of rotatable bonds is 10. The topological polar surface area (TPSA) is 19.9 Å². The molecule has 1 nitrogen and oxygen atoms in total. The van der Waals surface area contributed by atoms with Crippen molar-refractivity contribution in [2.45, 2.75) is 11.3 Å². The SMILES string of the molecule is Fc1[c-]c(F)c(F)c(F)c1F.Fc1[c-]c(F)c(F)c(F)c1F.[C-]#[O+].[Pt].[Pt].c1ccc(C[CH-]Sc2ccccc2)cc1.c1ccc(P(c2ccccc2)c2ccccc2)cc1.c1ccc(P(c2ccccc2)c2ccccc2)cc1. The fourth-order valence-electron chi connectivity index (χ4n) is 6.69. The first-order chi connectivity index (χ1) is 37.4. The van der Waals surface area contributed by atoms with Gasteiger partial charge in [0, 0.05) is 42.1 Å². The Bertz CT molecular complexity index is 2840. The molecule has 0 fully saturated rings. The molecule has 0 heterocycles. The molecular formula is C63H43F10OP2Pt2S-3. The first-order valence-electron chi connectivity index (χ1n) is 22.9. The van der Waals surface area contributed by atoms with E-state index in [-0.39, 0.29) is 42.1 Å². The van der Waals surface area contributed by atoms with Crippen molar-refractivity contribution in [1.29, 1.82) is 0 Å². The molecule has 0 radical (unpaired) electrons. The van der Waals surface area contributed by atoms with Gasteiger partial charge in [-0.15, -0.1) is 18.6 Å². The fourth-order valence-corrected chi connectivity index (χ4v) is 12.1. The van der Waals surface area contributed by atoms with Crippen LogP contribution in [0.25, 0.3) is 0 Å². The van der Waals surface area contributed by atoms with Crippen molar-refractivity contribution in [2.75, 3.05) is 0 Å². The van der Waals surface area contributed by atoms with E-state index in [2.05, 4.69) is 243 Å². The average molecular weight is 1490 g/mol. The van der Waals surface area contributed by atoms with E-state index >= 15 is 0 Å². The van der Waals surface area contributed by atoms with Gasteiger partial charge in [-0.2, -0.15) is 0 Å². The van der Waals surface area contributed by atoms with Crippen molar-refractivity contribution in [3.63, 3.8) is 0 Å². The maximum atomic E-state index is 12.0. The Kier molecular flexibility index (Phi) is 31.3. The Labute approximate surface area is 489 Å². The van der Waals surface area contributed by atoms with E-state index in [0.29, 0.717) is 0 Å². The van der Waals surface area contributed by atoms with Crippen LogP contribution in [0.1, 0.15) is 5.56 Å². The second kappa shape index (κ2) is 36.9. The van der Waals surface area contributed by atoms with E-state index in [1.807, 2.05) is 12.1 Å². The summed E-state index contributed by atoms with van der Waals surface area (Å²) in [7, 11) is -0.892. The fraction of sp³-hybridized carbons (Fsp3) is 0.0159. The van der Waals surface area contributed by atoms with Crippen LogP contribution in [0.2, 0.25) is 0 Å². The average Bonchev–Trinajstić information content (AvgIpc) is 3.49. The predicted molar refractivity (Wildman–Crippen MR) is 291 cm³/mol. The van der Waals surface area contributed by atoms with E-state index in [0.717, 1.165) is 18.6 Å². The number of thioether (sulfide) groups is 1. The molecule has 0 amide bonds. The molecule has 16 heteroatoms. The Hall–Kier alpha value is -6.17. The standard InChI is InChI=1S/2C18H15P.C14H13S.2C6F5.CO.2Pt/c2*1-4-10-16(11-5-1)19(17-12-6-2-7-13-17)18-14-8-3-9-15-18;1-3-7-13(8-4-1)11-12-15-14-9-5-2-6-10-14;2*7-2-1-3(8)5(10)6(11)4(2)9;1-2;;/h2*1-15H;1-10,12H,11H2;;;;;/q;;3*-1;;;. The van der Waals surface area contributed by atoms with Crippen molar-refractivity contribution >= 4 is 59.4 Å². The zero-order chi connectivity index (χ0) is 55.4. The molecule has 0 atom stereocenters. The summed E-state index contributed by atoms with van der Waals surface area (Å²) in [6, 6.07) is 87.7. The van der Waals surface area contributed by atoms with Crippen LogP contribution in [-0.4, -0.2) is 0 Å². The molecule has 410 valence electrons. The Morgan fingerprint density at radius 2 is 0.519 bits per heavy atom. The predicted octanol–water partition coefficient (Wildman–Crippen LogP) is 15.4. The molecular weight excluding hydrogens is 1450 g/mol. The minimum absolute atomic E-state index is 0. The largest absolute Gasteiger partial charge is 0.316 e. The van der Waals surface area contributed by atoms with Crippen molar-refractivity contribution in [3.8, 4) is 0 Å². The molecule has 0 aromatic heterocycles. The molecule has 10 aromatic rings. The van der Waals surface area contributed by atoms with Crippen LogP contribution >= 0.6 is 27.6 Å². The molecule has 0 aliphatic heterocycles. The molecule has 10 rings (SSSR count). The van der Waals surface area contributed by atoms with Gasteiger partial charge in [-0.1, -0.05) is 248 Å². The number of hydrogen-bond donors (Lipinski definition) is 0. The van der Waals surface area contributed by atoms with Crippen LogP contribution in [0.5, 0.6) is 0 Å². The summed E-state index contributed by atoms with van der Waals surface area (Å²) in [5.41, 5.74) is 1.36. The van der Waals surface area contributed by atoms with Crippen LogP contribution in [-0.2, 0) is 53.2 Å². The Morgan fingerprint density at radius 1 is 0.316 bits per heavy atom. The third-order valence-corrected chi connectivity index (χ3v) is 16.0. The summed E-state index contributed by atoms with van der Waals surface area (Å²) < 4.78 is 127. The van der Waals surface area contributed by atoms with E-state index < -0.39 is 74.0 Å². The third kappa shape index (κ3) is 21.4. The Morgan fingerprint density at radius 3 is 0.747 bits per heavy atom. The van der Waals surface area contributed by atoms with Gasteiger partial charge >= 0.3 is 11.3 Å². The first kappa shape index (κ1) is 67.1. The van der Waals surface area contributed by atoms with Crippen molar-refractivity contribution < 1.29 is 90.7 Å². The van der Waals surface area contributed by atoms with Gasteiger partial charge in [-0.25, -0.2) is 26.3 Å². The molecule has 0 unspecified atom stereocenters. The minimum Gasteiger partial charge on any atom is -0.316 e. The second-order valence-electron chi connectivity index (χ2n) is 15.4. The van der Waals surface area contributed by atoms with Gasteiger partial charge < -0.3 is 11.8 Å². The van der Waals surface area contributed by atoms with Gasteiger partial charge in [0.25, 0.3) is 0 Å². The zero-order valence-electron chi connectivity index (χ0n) is 41.0. The van der Waals surface area contributed by atoms with Crippen LogP contribution in [0.4, 0.5) is 43.9 Å². The van der Waals surface area contributed by atoms with Crippen molar-refractivity contribution in [3.05, 3.63) is 331 Å². The molecule has 0 saturated carbocycles. The summed E-state index contributed by atoms with van der Waals surface area (Å²) in [5, 5.41) is 8.39. The second-order valence-corrected chi connectivity index (χ2v) is 20.8.